The van der Waals surface area contributed by atoms with Gasteiger partial charge in [0.1, 0.15) is 12.6 Å². The highest BCUT2D eigenvalue weighted by Crippen LogP contribution is 2.17. The summed E-state index contributed by atoms with van der Waals surface area (Å²) in [6.45, 7) is 0.311. The summed E-state index contributed by atoms with van der Waals surface area (Å²) in [6.07, 6.45) is -0.761. The Morgan fingerprint density at radius 3 is 2.24 bits per heavy atom. The highest BCUT2D eigenvalue weighted by molar-refractivity contribution is 6.06. The van der Waals surface area contributed by atoms with Crippen molar-refractivity contribution >= 4 is 17.9 Å². The van der Waals surface area contributed by atoms with Gasteiger partial charge in [-0.15, -0.1) is 0 Å². The maximum Gasteiger partial charge on any atom is 0.408 e. The molecule has 1 unspecified atom stereocenters. The monoisotopic (exact) mass is 338 g/mol. The van der Waals surface area contributed by atoms with Crippen LogP contribution in [0.25, 0.3) is 0 Å². The number of nitrogens with one attached hydrogen (secondary N) is 1. The average Bonchev–Trinajstić information content (AvgIpc) is 2.89. The lowest BCUT2D eigenvalue weighted by atomic mass is 10.2. The fraction of sp³-hybridized carbons (Fsp3) is 0.211. The highest BCUT2D eigenvalue weighted by Gasteiger charge is 2.39. The maximum atomic E-state index is 12.4. The summed E-state index contributed by atoms with van der Waals surface area (Å²) in [5.41, 5.74) is 1.70. The van der Waals surface area contributed by atoms with E-state index in [1.54, 1.807) is 0 Å². The number of amides is 3. The van der Waals surface area contributed by atoms with Gasteiger partial charge in [0.15, 0.2) is 0 Å². The van der Waals surface area contributed by atoms with Crippen LogP contribution in [0.15, 0.2) is 60.7 Å². The second kappa shape index (κ2) is 7.61. The summed E-state index contributed by atoms with van der Waals surface area (Å²) in [7, 11) is 0. The van der Waals surface area contributed by atoms with Gasteiger partial charge < -0.3 is 10.1 Å². The van der Waals surface area contributed by atoms with Crippen molar-refractivity contribution in [2.75, 3.05) is 0 Å². The van der Waals surface area contributed by atoms with Gasteiger partial charge in [0, 0.05) is 0 Å². The van der Waals surface area contributed by atoms with E-state index in [9.17, 15) is 14.4 Å². The zero-order valence-electron chi connectivity index (χ0n) is 13.6. The molecule has 6 nitrogen and oxygen atoms in total. The molecule has 6 heteroatoms. The third-order valence-electron chi connectivity index (χ3n) is 3.93. The summed E-state index contributed by atoms with van der Waals surface area (Å²) >= 11 is 0. The lowest BCUT2D eigenvalue weighted by molar-refractivity contribution is -0.139. The predicted molar refractivity (Wildman–Crippen MR) is 90.2 cm³/mol. The summed E-state index contributed by atoms with van der Waals surface area (Å²) in [5, 5.41) is 2.47. The van der Waals surface area contributed by atoms with E-state index < -0.39 is 18.0 Å². The SMILES string of the molecule is O=C(NC1CC(=O)N(Cc2ccccc2)C1=O)OCc1ccccc1. The van der Waals surface area contributed by atoms with Crippen molar-refractivity contribution < 1.29 is 19.1 Å². The molecule has 0 spiro atoms. The Bertz CT molecular complexity index is 762. The minimum absolute atomic E-state index is 0.0495. The van der Waals surface area contributed by atoms with E-state index in [1.807, 2.05) is 60.7 Å². The Kier molecular flexibility index (Phi) is 5.09. The summed E-state index contributed by atoms with van der Waals surface area (Å²) < 4.78 is 5.10. The van der Waals surface area contributed by atoms with Crippen molar-refractivity contribution in [3.05, 3.63) is 71.8 Å². The number of alkyl carbamates (subject to hydrolysis) is 1. The van der Waals surface area contributed by atoms with Crippen LogP contribution in [0.4, 0.5) is 4.79 Å². The molecule has 1 aliphatic rings. The van der Waals surface area contributed by atoms with Crippen LogP contribution in [0.2, 0.25) is 0 Å². The predicted octanol–water partition coefficient (Wildman–Crippen LogP) is 2.24. The zero-order chi connectivity index (χ0) is 17.6. The molecule has 0 aliphatic carbocycles. The van der Waals surface area contributed by atoms with Gasteiger partial charge in [0.2, 0.25) is 5.91 Å². The molecule has 0 bridgehead atoms. The van der Waals surface area contributed by atoms with Gasteiger partial charge in [0.25, 0.3) is 5.91 Å². The molecule has 0 saturated carbocycles. The number of rotatable bonds is 5. The van der Waals surface area contributed by atoms with Crippen LogP contribution in [0.5, 0.6) is 0 Å². The highest BCUT2D eigenvalue weighted by atomic mass is 16.5. The molecule has 25 heavy (non-hydrogen) atoms. The van der Waals surface area contributed by atoms with Crippen molar-refractivity contribution in [1.82, 2.24) is 10.2 Å². The van der Waals surface area contributed by atoms with E-state index in [4.69, 9.17) is 4.74 Å². The molecular weight excluding hydrogens is 320 g/mol. The van der Waals surface area contributed by atoms with Crippen LogP contribution in [-0.2, 0) is 27.5 Å². The third kappa shape index (κ3) is 4.23. The number of ether oxygens (including phenoxy) is 1. The summed E-state index contributed by atoms with van der Waals surface area (Å²) in [5.74, 6) is -0.715. The van der Waals surface area contributed by atoms with E-state index >= 15 is 0 Å². The molecule has 1 heterocycles. The molecule has 3 rings (SSSR count). The minimum Gasteiger partial charge on any atom is -0.445 e. The van der Waals surface area contributed by atoms with Crippen molar-refractivity contribution in [3.63, 3.8) is 0 Å². The smallest absolute Gasteiger partial charge is 0.408 e. The van der Waals surface area contributed by atoms with Gasteiger partial charge in [-0.1, -0.05) is 60.7 Å². The number of likely N-dealkylation sites (tertiary alicyclic amines) is 1. The van der Waals surface area contributed by atoms with Crippen LogP contribution in [0.1, 0.15) is 17.5 Å². The van der Waals surface area contributed by atoms with Crippen molar-refractivity contribution in [2.24, 2.45) is 0 Å². The van der Waals surface area contributed by atoms with Gasteiger partial charge in [-0.2, -0.15) is 0 Å². The number of hydrogen-bond donors (Lipinski definition) is 1. The van der Waals surface area contributed by atoms with Crippen LogP contribution in [0, 0.1) is 0 Å². The van der Waals surface area contributed by atoms with Gasteiger partial charge >= 0.3 is 6.09 Å². The molecule has 0 aromatic heterocycles. The molecule has 128 valence electrons. The Morgan fingerprint density at radius 1 is 1.00 bits per heavy atom. The van der Waals surface area contributed by atoms with Gasteiger partial charge in [-0.05, 0) is 11.1 Å². The molecule has 1 fully saturated rings. The number of nitrogens with zero attached hydrogens (tertiary/aromatic N) is 1. The molecule has 3 amide bonds. The van der Waals surface area contributed by atoms with Gasteiger partial charge in [0.05, 0.1) is 13.0 Å². The van der Waals surface area contributed by atoms with Crippen molar-refractivity contribution in [3.8, 4) is 0 Å². The minimum atomic E-state index is -0.875. The van der Waals surface area contributed by atoms with Crippen LogP contribution in [-0.4, -0.2) is 28.8 Å². The first-order valence-corrected chi connectivity index (χ1v) is 7.99. The molecule has 1 saturated heterocycles. The lowest BCUT2D eigenvalue weighted by Crippen LogP contribution is -2.41. The Balaban J connectivity index is 1.54. The second-order valence-electron chi connectivity index (χ2n) is 5.77. The van der Waals surface area contributed by atoms with E-state index in [0.29, 0.717) is 0 Å². The molecule has 1 N–H and O–H groups in total. The van der Waals surface area contributed by atoms with Crippen molar-refractivity contribution in [2.45, 2.75) is 25.6 Å². The first-order chi connectivity index (χ1) is 12.1. The molecule has 2 aromatic carbocycles. The van der Waals surface area contributed by atoms with Crippen molar-refractivity contribution in [1.29, 1.82) is 0 Å². The van der Waals surface area contributed by atoms with Crippen LogP contribution < -0.4 is 5.32 Å². The maximum absolute atomic E-state index is 12.4. The average molecular weight is 338 g/mol. The van der Waals surface area contributed by atoms with E-state index in [-0.39, 0.29) is 25.5 Å². The summed E-state index contributed by atoms with van der Waals surface area (Å²) in [6, 6.07) is 17.6. The lowest BCUT2D eigenvalue weighted by Gasteiger charge is -2.15. The third-order valence-corrected chi connectivity index (χ3v) is 3.93. The number of benzene rings is 2. The Morgan fingerprint density at radius 2 is 1.60 bits per heavy atom. The normalized spacial score (nSPS) is 16.8. The molecule has 1 aliphatic heterocycles. The van der Waals surface area contributed by atoms with Gasteiger partial charge in [-0.25, -0.2) is 4.79 Å². The fourth-order valence-corrected chi connectivity index (χ4v) is 2.64. The molecule has 2 aromatic rings. The number of hydrogen-bond acceptors (Lipinski definition) is 4. The number of carbonyl (C=O) groups excluding carboxylic acids is 3. The topological polar surface area (TPSA) is 75.7 Å². The Labute approximate surface area is 145 Å². The quantitative estimate of drug-likeness (QED) is 0.849. The van der Waals surface area contributed by atoms with Crippen LogP contribution >= 0.6 is 0 Å². The first-order valence-electron chi connectivity index (χ1n) is 7.99. The van der Waals surface area contributed by atoms with E-state index in [2.05, 4.69) is 5.32 Å². The van der Waals surface area contributed by atoms with Crippen LogP contribution in [0.3, 0.4) is 0 Å². The first kappa shape index (κ1) is 16.7. The summed E-state index contributed by atoms with van der Waals surface area (Å²) in [4.78, 5) is 37.5. The molecule has 1 atom stereocenters. The number of imide groups is 1. The van der Waals surface area contributed by atoms with E-state index in [1.165, 1.54) is 0 Å². The largest absolute Gasteiger partial charge is 0.445 e. The number of carbonyl (C=O) groups is 3. The fourth-order valence-electron chi connectivity index (χ4n) is 2.64. The van der Waals surface area contributed by atoms with E-state index in [0.717, 1.165) is 16.0 Å². The second-order valence-corrected chi connectivity index (χ2v) is 5.77. The zero-order valence-corrected chi connectivity index (χ0v) is 13.6. The molecule has 0 radical (unpaired) electrons. The van der Waals surface area contributed by atoms with Gasteiger partial charge in [-0.3, -0.25) is 14.5 Å². The standard InChI is InChI=1S/C19H18N2O4/c22-17-11-16(18(23)21(17)12-14-7-3-1-4-8-14)20-19(24)25-13-15-9-5-2-6-10-15/h1-10,16H,11-13H2,(H,20,24). The Hall–Kier alpha value is -3.15. The molecular formula is C19H18N2O4.